The summed E-state index contributed by atoms with van der Waals surface area (Å²) in [6.07, 6.45) is 5.77. The number of aryl methyl sites for hydroxylation is 1. The zero-order valence-corrected chi connectivity index (χ0v) is 15.6. The Balaban J connectivity index is 1.69. The molecule has 132 valence electrons. The first-order valence-electron chi connectivity index (χ1n) is 8.94. The molecular formula is C20H25BFNO2. The molecule has 1 saturated carbocycles. The van der Waals surface area contributed by atoms with Gasteiger partial charge in [0.2, 0.25) is 0 Å². The van der Waals surface area contributed by atoms with E-state index in [2.05, 4.69) is 22.9 Å². The number of halogens is 1. The van der Waals surface area contributed by atoms with E-state index in [-0.39, 0.29) is 11.1 Å². The van der Waals surface area contributed by atoms with Crippen molar-refractivity contribution in [3.05, 3.63) is 47.8 Å². The minimum absolute atomic E-state index is 0.242. The number of para-hydroxylation sites is 1. The van der Waals surface area contributed by atoms with Gasteiger partial charge >= 0.3 is 7.12 Å². The highest BCUT2D eigenvalue weighted by atomic mass is 19.1. The summed E-state index contributed by atoms with van der Waals surface area (Å²) in [6.45, 7) is 7.77. The molecule has 1 aromatic heterocycles. The van der Waals surface area contributed by atoms with E-state index in [0.717, 1.165) is 12.8 Å². The number of aromatic nitrogens is 1. The molecule has 2 fully saturated rings. The van der Waals surface area contributed by atoms with Crippen LogP contribution in [0.15, 0.2) is 42.3 Å². The number of rotatable bonds is 3. The molecule has 0 amide bonds. The maximum absolute atomic E-state index is 15.0. The van der Waals surface area contributed by atoms with E-state index in [9.17, 15) is 0 Å². The predicted octanol–water partition coefficient (Wildman–Crippen LogP) is 4.69. The molecule has 5 heteroatoms. The molecule has 1 aliphatic carbocycles. The van der Waals surface area contributed by atoms with Gasteiger partial charge < -0.3 is 13.9 Å². The maximum Gasteiger partial charge on any atom is 0.524 e. The van der Waals surface area contributed by atoms with Crippen LogP contribution < -0.4 is 0 Å². The van der Waals surface area contributed by atoms with E-state index < -0.39 is 18.3 Å². The van der Waals surface area contributed by atoms with Crippen molar-refractivity contribution in [2.45, 2.75) is 57.2 Å². The lowest BCUT2D eigenvalue weighted by molar-refractivity contribution is 0.00578. The van der Waals surface area contributed by atoms with Gasteiger partial charge in [-0.05, 0) is 58.2 Å². The third kappa shape index (κ3) is 2.56. The van der Waals surface area contributed by atoms with Gasteiger partial charge in [0.05, 0.1) is 11.2 Å². The van der Waals surface area contributed by atoms with Gasteiger partial charge in [0.25, 0.3) is 0 Å². The highest BCUT2D eigenvalue weighted by Crippen LogP contribution is 2.53. The summed E-state index contributed by atoms with van der Waals surface area (Å²) in [5, 5.41) is 1.19. The van der Waals surface area contributed by atoms with Crippen LogP contribution in [0.1, 0.15) is 46.1 Å². The predicted molar refractivity (Wildman–Crippen MR) is 99.1 cm³/mol. The van der Waals surface area contributed by atoms with Crippen molar-refractivity contribution in [2.75, 3.05) is 0 Å². The van der Waals surface area contributed by atoms with Crippen molar-refractivity contribution in [2.24, 2.45) is 7.05 Å². The molecule has 2 aliphatic rings. The molecule has 0 atom stereocenters. The summed E-state index contributed by atoms with van der Waals surface area (Å²) in [7, 11) is 1.12. The average molecular weight is 341 g/mol. The monoisotopic (exact) mass is 341 g/mol. The molecule has 0 spiro atoms. The number of fused-ring (bicyclic) bond motifs is 1. The topological polar surface area (TPSA) is 23.4 Å². The molecule has 0 N–H and O–H groups in total. The highest BCUT2D eigenvalue weighted by molar-refractivity contribution is 6.53. The first kappa shape index (κ1) is 16.9. The smallest absolute Gasteiger partial charge is 0.398 e. The SMILES string of the molecule is Cn1cc(C2(C=C(F)B3OC(C)(C)C(C)(C)O3)CC2)c2ccccc21. The van der Waals surface area contributed by atoms with E-state index in [1.807, 2.05) is 46.9 Å². The van der Waals surface area contributed by atoms with Gasteiger partial charge in [0, 0.05) is 29.6 Å². The van der Waals surface area contributed by atoms with Gasteiger partial charge in [0.1, 0.15) is 5.73 Å². The van der Waals surface area contributed by atoms with Crippen molar-refractivity contribution in [3.63, 3.8) is 0 Å². The number of hydrogen-bond donors (Lipinski definition) is 0. The summed E-state index contributed by atoms with van der Waals surface area (Å²) in [5.74, 6) is 0. The minimum Gasteiger partial charge on any atom is -0.398 e. The van der Waals surface area contributed by atoms with Gasteiger partial charge in [-0.15, -0.1) is 0 Å². The van der Waals surface area contributed by atoms with Gasteiger partial charge in [0.15, 0.2) is 0 Å². The lowest BCUT2D eigenvalue weighted by atomic mass is 9.83. The second-order valence-electron chi connectivity index (χ2n) is 8.44. The van der Waals surface area contributed by atoms with E-state index >= 15 is 4.39 Å². The Morgan fingerprint density at radius 2 is 1.72 bits per heavy atom. The van der Waals surface area contributed by atoms with Crippen molar-refractivity contribution in [1.82, 2.24) is 4.57 Å². The van der Waals surface area contributed by atoms with Crippen LogP contribution >= 0.6 is 0 Å². The number of hydrogen-bond acceptors (Lipinski definition) is 2. The van der Waals surface area contributed by atoms with Crippen LogP contribution in [-0.4, -0.2) is 22.9 Å². The molecule has 2 aromatic rings. The van der Waals surface area contributed by atoms with Crippen molar-refractivity contribution >= 4 is 18.0 Å². The van der Waals surface area contributed by atoms with Crippen LogP contribution in [0.3, 0.4) is 0 Å². The van der Waals surface area contributed by atoms with Gasteiger partial charge in [-0.2, -0.15) is 0 Å². The van der Waals surface area contributed by atoms with Crippen LogP contribution in [0.4, 0.5) is 4.39 Å². The zero-order chi connectivity index (χ0) is 18.0. The molecule has 1 aliphatic heterocycles. The second-order valence-corrected chi connectivity index (χ2v) is 8.44. The minimum atomic E-state index is -0.919. The number of benzene rings is 1. The van der Waals surface area contributed by atoms with E-state index in [0.29, 0.717) is 0 Å². The van der Waals surface area contributed by atoms with E-state index in [1.54, 1.807) is 6.08 Å². The summed E-state index contributed by atoms with van der Waals surface area (Å²) in [5.41, 5.74) is 0.751. The molecule has 1 saturated heterocycles. The van der Waals surface area contributed by atoms with Crippen LogP contribution in [0, 0.1) is 0 Å². The number of nitrogens with zero attached hydrogens (tertiary/aromatic N) is 1. The molecular weight excluding hydrogens is 316 g/mol. The maximum atomic E-state index is 15.0. The molecule has 2 heterocycles. The van der Waals surface area contributed by atoms with Crippen LogP contribution in [0.2, 0.25) is 0 Å². The van der Waals surface area contributed by atoms with E-state index in [1.165, 1.54) is 16.5 Å². The summed E-state index contributed by atoms with van der Waals surface area (Å²) in [6, 6.07) is 8.29. The molecule has 1 aromatic carbocycles. The Kier molecular flexibility index (Phi) is 3.51. The Morgan fingerprint density at radius 1 is 1.12 bits per heavy atom. The van der Waals surface area contributed by atoms with Crippen molar-refractivity contribution in [3.8, 4) is 0 Å². The lowest BCUT2D eigenvalue weighted by Crippen LogP contribution is -2.41. The molecule has 0 radical (unpaired) electrons. The fourth-order valence-corrected chi connectivity index (χ4v) is 3.65. The van der Waals surface area contributed by atoms with Crippen LogP contribution in [-0.2, 0) is 21.8 Å². The Labute approximate surface area is 148 Å². The third-order valence-corrected chi connectivity index (χ3v) is 6.11. The summed E-state index contributed by atoms with van der Waals surface area (Å²) >= 11 is 0. The lowest BCUT2D eigenvalue weighted by Gasteiger charge is -2.32. The Morgan fingerprint density at radius 3 is 2.32 bits per heavy atom. The molecule has 0 unspecified atom stereocenters. The standard InChI is InChI=1S/C20H25BFNO2/c1-18(2)19(3,4)25-21(24-18)17(22)12-20(10-11-20)15-13-23(5)16-9-7-6-8-14(15)16/h6-9,12-13H,10-11H2,1-5H3. The fraction of sp³-hybridized carbons (Fsp3) is 0.500. The second kappa shape index (κ2) is 5.21. The average Bonchev–Trinajstić information content (AvgIpc) is 3.17. The van der Waals surface area contributed by atoms with Gasteiger partial charge in [-0.1, -0.05) is 18.2 Å². The van der Waals surface area contributed by atoms with Crippen LogP contribution in [0.25, 0.3) is 10.9 Å². The first-order chi connectivity index (χ1) is 11.7. The summed E-state index contributed by atoms with van der Waals surface area (Å²) < 4.78 is 28.9. The van der Waals surface area contributed by atoms with Crippen molar-refractivity contribution in [1.29, 1.82) is 0 Å². The third-order valence-electron chi connectivity index (χ3n) is 6.11. The van der Waals surface area contributed by atoms with E-state index in [4.69, 9.17) is 9.31 Å². The Hall–Kier alpha value is -1.59. The quantitative estimate of drug-likeness (QED) is 0.756. The normalized spacial score (nSPS) is 24.1. The van der Waals surface area contributed by atoms with Gasteiger partial charge in [-0.25, -0.2) is 4.39 Å². The Bertz CT molecular complexity index is 848. The highest BCUT2D eigenvalue weighted by Gasteiger charge is 2.54. The first-order valence-corrected chi connectivity index (χ1v) is 8.94. The van der Waals surface area contributed by atoms with Crippen LogP contribution in [0.5, 0.6) is 0 Å². The molecule has 4 rings (SSSR count). The molecule has 3 nitrogen and oxygen atoms in total. The fourth-order valence-electron chi connectivity index (χ4n) is 3.65. The number of allylic oxidation sites excluding steroid dienone is 1. The molecule has 25 heavy (non-hydrogen) atoms. The molecule has 0 bridgehead atoms. The van der Waals surface area contributed by atoms with Gasteiger partial charge in [-0.3, -0.25) is 0 Å². The zero-order valence-electron chi connectivity index (χ0n) is 15.6. The summed E-state index contributed by atoms with van der Waals surface area (Å²) in [4.78, 5) is 0. The van der Waals surface area contributed by atoms with Crippen molar-refractivity contribution < 1.29 is 13.7 Å². The largest absolute Gasteiger partial charge is 0.524 e.